The molecule has 1 saturated heterocycles. The van der Waals surface area contributed by atoms with Crippen LogP contribution >= 0.6 is 0 Å². The normalized spacial score (nSPS) is 15.3. The molecule has 152 valence electrons. The third-order valence-corrected chi connectivity index (χ3v) is 4.69. The van der Waals surface area contributed by atoms with Gasteiger partial charge in [-0.05, 0) is 37.1 Å². The molecule has 1 fully saturated rings. The first-order valence-electron chi connectivity index (χ1n) is 9.61. The van der Waals surface area contributed by atoms with Crippen molar-refractivity contribution in [2.45, 2.75) is 31.8 Å². The molecule has 29 heavy (non-hydrogen) atoms. The molecule has 1 heterocycles. The van der Waals surface area contributed by atoms with Crippen molar-refractivity contribution in [1.29, 1.82) is 0 Å². The van der Waals surface area contributed by atoms with Crippen LogP contribution in [0.15, 0.2) is 54.6 Å². The van der Waals surface area contributed by atoms with Crippen LogP contribution in [0.1, 0.15) is 37.4 Å². The summed E-state index contributed by atoms with van der Waals surface area (Å²) in [6, 6.07) is 13.9. The van der Waals surface area contributed by atoms with E-state index in [0.29, 0.717) is 24.2 Å². The number of nitrogens with one attached hydrogen (secondary N) is 1. The van der Waals surface area contributed by atoms with Crippen LogP contribution in [-0.2, 0) is 19.1 Å². The van der Waals surface area contributed by atoms with Gasteiger partial charge in [-0.25, -0.2) is 4.39 Å². The number of carbonyl (C=O) groups excluding carboxylic acids is 3. The van der Waals surface area contributed by atoms with Crippen molar-refractivity contribution in [3.63, 3.8) is 0 Å². The average molecular weight is 398 g/mol. The van der Waals surface area contributed by atoms with Crippen molar-refractivity contribution < 1.29 is 23.5 Å². The Hall–Kier alpha value is -3.22. The van der Waals surface area contributed by atoms with Crippen LogP contribution in [0, 0.1) is 5.82 Å². The number of carbonyl (C=O) groups is 3. The summed E-state index contributed by atoms with van der Waals surface area (Å²) >= 11 is 0. The van der Waals surface area contributed by atoms with Gasteiger partial charge in [-0.2, -0.15) is 0 Å². The van der Waals surface area contributed by atoms with E-state index in [1.807, 2.05) is 0 Å². The lowest BCUT2D eigenvalue weighted by Crippen LogP contribution is -2.37. The van der Waals surface area contributed by atoms with E-state index in [9.17, 15) is 18.8 Å². The zero-order valence-electron chi connectivity index (χ0n) is 16.0. The molecule has 1 N–H and O–H groups in total. The molecule has 1 aliphatic heterocycles. The van der Waals surface area contributed by atoms with Crippen LogP contribution in [0.3, 0.4) is 0 Å². The smallest absolute Gasteiger partial charge is 0.326 e. The Bertz CT molecular complexity index is 855. The molecule has 0 aromatic heterocycles. The molecule has 0 saturated carbocycles. The summed E-state index contributed by atoms with van der Waals surface area (Å²) in [4.78, 5) is 38.9. The first-order chi connectivity index (χ1) is 14.0. The highest BCUT2D eigenvalue weighted by Crippen LogP contribution is 2.21. The van der Waals surface area contributed by atoms with Crippen molar-refractivity contribution in [1.82, 2.24) is 4.90 Å². The fraction of sp³-hybridized carbons (Fsp3) is 0.318. The SMILES string of the molecule is O=C(CN1CCCCCC1=O)O[C@H](C(=O)Nc1ccc(F)cc1)c1ccccc1. The van der Waals surface area contributed by atoms with Crippen LogP contribution < -0.4 is 5.32 Å². The molecule has 2 amide bonds. The Kier molecular flexibility index (Phi) is 6.94. The van der Waals surface area contributed by atoms with E-state index in [4.69, 9.17) is 4.74 Å². The van der Waals surface area contributed by atoms with Gasteiger partial charge in [0.15, 0.2) is 0 Å². The maximum atomic E-state index is 13.1. The van der Waals surface area contributed by atoms with Gasteiger partial charge in [-0.3, -0.25) is 14.4 Å². The minimum Gasteiger partial charge on any atom is -0.446 e. The van der Waals surface area contributed by atoms with E-state index in [1.54, 1.807) is 30.3 Å². The lowest BCUT2D eigenvalue weighted by atomic mass is 10.1. The molecule has 0 radical (unpaired) electrons. The zero-order chi connectivity index (χ0) is 20.6. The topological polar surface area (TPSA) is 75.7 Å². The van der Waals surface area contributed by atoms with E-state index in [0.717, 1.165) is 19.3 Å². The number of amides is 2. The highest BCUT2D eigenvalue weighted by molar-refractivity contribution is 5.96. The van der Waals surface area contributed by atoms with Crippen LogP contribution in [0.2, 0.25) is 0 Å². The first kappa shape index (κ1) is 20.5. The summed E-state index contributed by atoms with van der Waals surface area (Å²) in [6.07, 6.45) is 1.84. The Morgan fingerprint density at radius 3 is 2.48 bits per heavy atom. The number of nitrogens with zero attached hydrogens (tertiary/aromatic N) is 1. The van der Waals surface area contributed by atoms with Crippen molar-refractivity contribution in [2.24, 2.45) is 0 Å². The summed E-state index contributed by atoms with van der Waals surface area (Å²) in [5.41, 5.74) is 0.888. The van der Waals surface area contributed by atoms with Crippen molar-refractivity contribution >= 4 is 23.5 Å². The molecule has 1 aliphatic rings. The number of anilines is 1. The van der Waals surface area contributed by atoms with Gasteiger partial charge in [0.05, 0.1) is 0 Å². The quantitative estimate of drug-likeness (QED) is 0.757. The zero-order valence-corrected chi connectivity index (χ0v) is 16.0. The second-order valence-corrected chi connectivity index (χ2v) is 6.90. The number of hydrogen-bond donors (Lipinski definition) is 1. The van der Waals surface area contributed by atoms with Gasteiger partial charge in [0, 0.05) is 24.2 Å². The molecule has 0 unspecified atom stereocenters. The van der Waals surface area contributed by atoms with E-state index in [1.165, 1.54) is 29.2 Å². The van der Waals surface area contributed by atoms with Crippen molar-refractivity contribution in [3.8, 4) is 0 Å². The fourth-order valence-corrected chi connectivity index (χ4v) is 3.17. The average Bonchev–Trinajstić information content (AvgIpc) is 2.92. The van der Waals surface area contributed by atoms with E-state index < -0.39 is 23.8 Å². The number of esters is 1. The molecule has 0 bridgehead atoms. The van der Waals surface area contributed by atoms with Gasteiger partial charge in [0.2, 0.25) is 12.0 Å². The Labute approximate surface area is 168 Å². The highest BCUT2D eigenvalue weighted by atomic mass is 19.1. The molecule has 0 aliphatic carbocycles. The lowest BCUT2D eigenvalue weighted by molar-refractivity contribution is -0.157. The second kappa shape index (κ2) is 9.82. The Balaban J connectivity index is 1.71. The highest BCUT2D eigenvalue weighted by Gasteiger charge is 2.27. The van der Waals surface area contributed by atoms with Crippen LogP contribution in [0.4, 0.5) is 10.1 Å². The molecule has 3 rings (SSSR count). The molecular weight excluding hydrogens is 375 g/mol. The number of benzene rings is 2. The predicted molar refractivity (Wildman–Crippen MR) is 105 cm³/mol. The first-order valence-corrected chi connectivity index (χ1v) is 9.61. The Morgan fingerprint density at radius 1 is 1.03 bits per heavy atom. The molecule has 0 spiro atoms. The largest absolute Gasteiger partial charge is 0.446 e. The van der Waals surface area contributed by atoms with Gasteiger partial charge in [-0.15, -0.1) is 0 Å². The van der Waals surface area contributed by atoms with E-state index in [2.05, 4.69) is 5.32 Å². The molecule has 2 aromatic rings. The molecule has 1 atom stereocenters. The van der Waals surface area contributed by atoms with Gasteiger partial charge in [-0.1, -0.05) is 36.8 Å². The lowest BCUT2D eigenvalue weighted by Gasteiger charge is -2.22. The fourth-order valence-electron chi connectivity index (χ4n) is 3.17. The molecule has 2 aromatic carbocycles. The number of halogens is 1. The van der Waals surface area contributed by atoms with Crippen molar-refractivity contribution in [2.75, 3.05) is 18.4 Å². The monoisotopic (exact) mass is 398 g/mol. The number of rotatable bonds is 6. The summed E-state index contributed by atoms with van der Waals surface area (Å²) in [7, 11) is 0. The van der Waals surface area contributed by atoms with Gasteiger partial charge in [0.25, 0.3) is 5.91 Å². The minimum atomic E-state index is -1.18. The van der Waals surface area contributed by atoms with Crippen LogP contribution in [0.25, 0.3) is 0 Å². The number of hydrogen-bond acceptors (Lipinski definition) is 4. The summed E-state index contributed by atoms with van der Waals surface area (Å²) in [5, 5.41) is 2.63. The number of likely N-dealkylation sites (tertiary alicyclic amines) is 1. The Morgan fingerprint density at radius 2 is 1.76 bits per heavy atom. The number of ether oxygens (including phenoxy) is 1. The van der Waals surface area contributed by atoms with Gasteiger partial charge >= 0.3 is 5.97 Å². The van der Waals surface area contributed by atoms with Crippen LogP contribution in [-0.4, -0.2) is 35.8 Å². The maximum absolute atomic E-state index is 13.1. The third kappa shape index (κ3) is 5.88. The minimum absolute atomic E-state index is 0.0773. The summed E-state index contributed by atoms with van der Waals surface area (Å²) in [5.74, 6) is -1.70. The van der Waals surface area contributed by atoms with Gasteiger partial charge in [0.1, 0.15) is 12.4 Å². The standard InChI is InChI=1S/C22H23FN2O4/c23-17-10-12-18(13-11-17)24-22(28)21(16-7-3-1-4-8-16)29-20(27)15-25-14-6-2-5-9-19(25)26/h1,3-4,7-8,10-13,21H,2,5-6,9,14-15H2,(H,24,28)/t21-/m0/s1. The van der Waals surface area contributed by atoms with Crippen molar-refractivity contribution in [3.05, 3.63) is 66.0 Å². The second-order valence-electron chi connectivity index (χ2n) is 6.90. The third-order valence-electron chi connectivity index (χ3n) is 4.69. The summed E-state index contributed by atoms with van der Waals surface area (Å²) < 4.78 is 18.6. The summed E-state index contributed by atoms with van der Waals surface area (Å²) in [6.45, 7) is 0.317. The molecular formula is C22H23FN2O4. The molecule has 6 nitrogen and oxygen atoms in total. The van der Waals surface area contributed by atoms with Gasteiger partial charge < -0.3 is 15.0 Å². The van der Waals surface area contributed by atoms with E-state index >= 15 is 0 Å². The predicted octanol–water partition coefficient (Wildman–Crippen LogP) is 3.45. The van der Waals surface area contributed by atoms with Crippen LogP contribution in [0.5, 0.6) is 0 Å². The van der Waals surface area contributed by atoms with E-state index in [-0.39, 0.29) is 12.5 Å². The molecule has 7 heteroatoms. The maximum Gasteiger partial charge on any atom is 0.326 e.